The van der Waals surface area contributed by atoms with Gasteiger partial charge in [-0.1, -0.05) is 0 Å². The molecule has 1 fully saturated rings. The number of sulfonamides is 1. The third kappa shape index (κ3) is 4.58. The second-order valence-corrected chi connectivity index (χ2v) is 10.2. The number of hydrogen-bond donors (Lipinski definition) is 0. The van der Waals surface area contributed by atoms with E-state index in [-0.39, 0.29) is 10.7 Å². The lowest BCUT2D eigenvalue weighted by Crippen LogP contribution is -2.48. The highest BCUT2D eigenvalue weighted by Crippen LogP contribution is 2.33. The number of aromatic nitrogens is 1. The summed E-state index contributed by atoms with van der Waals surface area (Å²) in [6.07, 6.45) is 0. The first-order valence-electron chi connectivity index (χ1n) is 10.1. The van der Waals surface area contributed by atoms with Crippen molar-refractivity contribution in [1.29, 1.82) is 0 Å². The second kappa shape index (κ2) is 8.94. The summed E-state index contributed by atoms with van der Waals surface area (Å²) in [7, 11) is -3.75. The molecule has 3 aromatic rings. The molecule has 4 rings (SSSR count). The second-order valence-electron chi connectivity index (χ2n) is 7.21. The summed E-state index contributed by atoms with van der Waals surface area (Å²) in [4.78, 5) is 6.70. The van der Waals surface area contributed by atoms with Gasteiger partial charge in [-0.05, 0) is 56.3 Å². The van der Waals surface area contributed by atoms with Crippen molar-refractivity contribution in [1.82, 2.24) is 9.29 Å². The molecule has 1 aliphatic rings. The maximum Gasteiger partial charge on any atom is 0.246 e. The van der Waals surface area contributed by atoms with Crippen LogP contribution in [-0.4, -0.2) is 50.5 Å². The number of piperazine rings is 1. The van der Waals surface area contributed by atoms with Crippen molar-refractivity contribution in [2.24, 2.45) is 0 Å². The van der Waals surface area contributed by atoms with Gasteiger partial charge in [0.2, 0.25) is 10.0 Å². The molecule has 0 radical (unpaired) electrons. The van der Waals surface area contributed by atoms with E-state index in [1.165, 1.54) is 27.8 Å². The number of ether oxygens (including phenoxy) is 1. The first kappa shape index (κ1) is 21.7. The molecular weight excluding hydrogens is 437 g/mol. The van der Waals surface area contributed by atoms with E-state index in [0.717, 1.165) is 22.0 Å². The molecule has 2 heterocycles. The van der Waals surface area contributed by atoms with Gasteiger partial charge in [0, 0.05) is 42.8 Å². The minimum Gasteiger partial charge on any atom is -0.492 e. The van der Waals surface area contributed by atoms with Gasteiger partial charge in [0.25, 0.3) is 0 Å². The summed E-state index contributed by atoms with van der Waals surface area (Å²) in [6.45, 7) is 5.85. The predicted molar refractivity (Wildman–Crippen MR) is 121 cm³/mol. The number of halogens is 1. The van der Waals surface area contributed by atoms with E-state index >= 15 is 0 Å². The van der Waals surface area contributed by atoms with Crippen molar-refractivity contribution < 1.29 is 17.5 Å². The largest absolute Gasteiger partial charge is 0.492 e. The van der Waals surface area contributed by atoms with E-state index in [9.17, 15) is 12.8 Å². The van der Waals surface area contributed by atoms with E-state index in [4.69, 9.17) is 4.74 Å². The van der Waals surface area contributed by atoms with Crippen LogP contribution in [0.4, 0.5) is 10.1 Å². The molecule has 31 heavy (non-hydrogen) atoms. The highest BCUT2D eigenvalue weighted by atomic mass is 32.2. The van der Waals surface area contributed by atoms with Crippen molar-refractivity contribution in [2.75, 3.05) is 37.7 Å². The molecule has 6 nitrogen and oxygen atoms in total. The SMILES string of the molecule is CCOc1ccc(-c2csc(C)n2)cc1S(=O)(=O)N1CCN(c2ccc(F)cc2)CC1. The van der Waals surface area contributed by atoms with Crippen LogP contribution < -0.4 is 9.64 Å². The third-order valence-corrected chi connectivity index (χ3v) is 7.90. The van der Waals surface area contributed by atoms with Crippen LogP contribution in [0.3, 0.4) is 0 Å². The molecule has 2 aromatic carbocycles. The van der Waals surface area contributed by atoms with Crippen LogP contribution in [-0.2, 0) is 10.0 Å². The van der Waals surface area contributed by atoms with E-state index in [0.29, 0.717) is 38.5 Å². The van der Waals surface area contributed by atoms with Gasteiger partial charge in [-0.15, -0.1) is 11.3 Å². The summed E-state index contributed by atoms with van der Waals surface area (Å²) in [5, 5.41) is 2.84. The Morgan fingerprint density at radius 3 is 2.42 bits per heavy atom. The smallest absolute Gasteiger partial charge is 0.246 e. The minimum atomic E-state index is -3.75. The summed E-state index contributed by atoms with van der Waals surface area (Å²) in [6, 6.07) is 11.5. The highest BCUT2D eigenvalue weighted by molar-refractivity contribution is 7.89. The summed E-state index contributed by atoms with van der Waals surface area (Å²) < 4.78 is 47.4. The third-order valence-electron chi connectivity index (χ3n) is 5.21. The number of aryl methyl sites for hydroxylation is 1. The van der Waals surface area contributed by atoms with Gasteiger partial charge in [-0.3, -0.25) is 0 Å². The average molecular weight is 462 g/mol. The predicted octanol–water partition coefficient (Wildman–Crippen LogP) is 4.17. The van der Waals surface area contributed by atoms with E-state index in [2.05, 4.69) is 9.88 Å². The normalized spacial score (nSPS) is 15.3. The molecule has 0 unspecified atom stereocenters. The fourth-order valence-electron chi connectivity index (χ4n) is 3.62. The molecule has 1 aromatic heterocycles. The Morgan fingerprint density at radius 2 is 1.81 bits per heavy atom. The van der Waals surface area contributed by atoms with Crippen LogP contribution >= 0.6 is 11.3 Å². The number of nitrogens with zero attached hydrogens (tertiary/aromatic N) is 3. The fraction of sp³-hybridized carbons (Fsp3) is 0.318. The lowest BCUT2D eigenvalue weighted by Gasteiger charge is -2.35. The van der Waals surface area contributed by atoms with Gasteiger partial charge in [0.15, 0.2) is 0 Å². The number of rotatable bonds is 6. The summed E-state index contributed by atoms with van der Waals surface area (Å²) >= 11 is 1.52. The Labute approximate surface area is 186 Å². The zero-order valence-electron chi connectivity index (χ0n) is 17.4. The average Bonchev–Trinajstić information content (AvgIpc) is 3.21. The zero-order valence-corrected chi connectivity index (χ0v) is 19.0. The van der Waals surface area contributed by atoms with Gasteiger partial charge >= 0.3 is 0 Å². The number of thiazole rings is 1. The Kier molecular flexibility index (Phi) is 6.27. The molecule has 0 atom stereocenters. The van der Waals surface area contributed by atoms with Crippen molar-refractivity contribution in [3.8, 4) is 17.0 Å². The first-order valence-corrected chi connectivity index (χ1v) is 12.4. The Bertz CT molecular complexity index is 1150. The van der Waals surface area contributed by atoms with Crippen LogP contribution in [0.1, 0.15) is 11.9 Å². The van der Waals surface area contributed by atoms with Gasteiger partial charge in [0.05, 0.1) is 17.3 Å². The molecular formula is C22H24FN3O3S2. The standard InChI is InChI=1S/C22H24FN3O3S2/c1-3-29-21-9-4-17(20-15-30-16(2)24-20)14-22(21)31(27,28)26-12-10-25(11-13-26)19-7-5-18(23)6-8-19/h4-9,14-15H,3,10-13H2,1-2H3. The van der Waals surface area contributed by atoms with Crippen LogP contribution in [0.15, 0.2) is 52.7 Å². The Hall–Kier alpha value is -2.49. The Morgan fingerprint density at radius 1 is 1.10 bits per heavy atom. The lowest BCUT2D eigenvalue weighted by molar-refractivity contribution is 0.327. The monoisotopic (exact) mass is 461 g/mol. The topological polar surface area (TPSA) is 62.7 Å². The maximum atomic E-state index is 13.5. The molecule has 0 aliphatic carbocycles. The van der Waals surface area contributed by atoms with Gasteiger partial charge in [-0.2, -0.15) is 4.31 Å². The van der Waals surface area contributed by atoms with Crippen LogP contribution in [0.25, 0.3) is 11.3 Å². The number of anilines is 1. The molecule has 0 amide bonds. The molecule has 0 bridgehead atoms. The molecule has 1 aliphatic heterocycles. The van der Waals surface area contributed by atoms with Crippen molar-refractivity contribution >= 4 is 27.0 Å². The molecule has 0 N–H and O–H groups in total. The van der Waals surface area contributed by atoms with Crippen molar-refractivity contribution in [3.05, 3.63) is 58.7 Å². The summed E-state index contributed by atoms with van der Waals surface area (Å²) in [5.41, 5.74) is 2.38. The lowest BCUT2D eigenvalue weighted by atomic mass is 10.2. The number of benzene rings is 2. The van der Waals surface area contributed by atoms with E-state index in [1.54, 1.807) is 24.3 Å². The fourth-order valence-corrected chi connectivity index (χ4v) is 5.82. The van der Waals surface area contributed by atoms with Crippen LogP contribution in [0.5, 0.6) is 5.75 Å². The molecule has 164 valence electrons. The molecule has 0 spiro atoms. The van der Waals surface area contributed by atoms with Crippen LogP contribution in [0.2, 0.25) is 0 Å². The van der Waals surface area contributed by atoms with E-state index in [1.807, 2.05) is 25.3 Å². The molecule has 0 saturated carbocycles. The molecule has 9 heteroatoms. The van der Waals surface area contributed by atoms with Gasteiger partial charge < -0.3 is 9.64 Å². The van der Waals surface area contributed by atoms with Gasteiger partial charge in [-0.25, -0.2) is 17.8 Å². The van der Waals surface area contributed by atoms with Crippen LogP contribution in [0, 0.1) is 12.7 Å². The minimum absolute atomic E-state index is 0.160. The summed E-state index contributed by atoms with van der Waals surface area (Å²) in [5.74, 6) is 0.0581. The van der Waals surface area contributed by atoms with Crippen molar-refractivity contribution in [3.63, 3.8) is 0 Å². The quantitative estimate of drug-likeness (QED) is 0.551. The van der Waals surface area contributed by atoms with Crippen molar-refractivity contribution in [2.45, 2.75) is 18.7 Å². The Balaban J connectivity index is 1.59. The first-order chi connectivity index (χ1) is 14.9. The zero-order chi connectivity index (χ0) is 22.0. The van der Waals surface area contributed by atoms with Gasteiger partial charge in [0.1, 0.15) is 16.5 Å². The highest BCUT2D eigenvalue weighted by Gasteiger charge is 2.31. The maximum absolute atomic E-state index is 13.5. The molecule has 1 saturated heterocycles. The number of hydrogen-bond acceptors (Lipinski definition) is 6. The van der Waals surface area contributed by atoms with E-state index < -0.39 is 10.0 Å².